The van der Waals surface area contributed by atoms with E-state index in [0.29, 0.717) is 0 Å². The molecule has 0 bridgehead atoms. The first-order valence-electron chi connectivity index (χ1n) is 7.69. The van der Waals surface area contributed by atoms with Crippen molar-refractivity contribution in [3.8, 4) is 0 Å². The van der Waals surface area contributed by atoms with Crippen molar-refractivity contribution < 1.29 is 4.79 Å². The van der Waals surface area contributed by atoms with E-state index in [2.05, 4.69) is 27.8 Å². The van der Waals surface area contributed by atoms with E-state index in [1.165, 1.54) is 0 Å². The maximum atomic E-state index is 12.9. The van der Waals surface area contributed by atoms with Crippen LogP contribution in [0.15, 0.2) is 24.4 Å². The number of rotatable bonds is 4. The van der Waals surface area contributed by atoms with Gasteiger partial charge in [0.2, 0.25) is 5.91 Å². The summed E-state index contributed by atoms with van der Waals surface area (Å²) in [5, 5.41) is 14.5. The van der Waals surface area contributed by atoms with Crippen LogP contribution in [0.5, 0.6) is 0 Å². The molecule has 3 rings (SSSR count). The van der Waals surface area contributed by atoms with Gasteiger partial charge in [0.05, 0.1) is 22.8 Å². The Morgan fingerprint density at radius 2 is 2.19 bits per heavy atom. The van der Waals surface area contributed by atoms with Crippen LogP contribution in [0.4, 0.5) is 5.69 Å². The van der Waals surface area contributed by atoms with Gasteiger partial charge in [-0.1, -0.05) is 25.5 Å². The third-order valence-corrected chi connectivity index (χ3v) is 4.50. The van der Waals surface area contributed by atoms with E-state index in [4.69, 9.17) is 0 Å². The number of aromatic amines is 1. The molecule has 0 radical (unpaired) electrons. The Hall–Kier alpha value is -1.88. The maximum Gasteiger partial charge on any atom is 0.230 e. The molecule has 1 aliphatic rings. The highest BCUT2D eigenvalue weighted by atomic mass is 16.2. The molecule has 1 saturated heterocycles. The first-order chi connectivity index (χ1) is 10.2. The van der Waals surface area contributed by atoms with Crippen LogP contribution >= 0.6 is 0 Å². The number of para-hydroxylation sites is 1. The molecule has 1 aromatic heterocycles. The van der Waals surface area contributed by atoms with Crippen molar-refractivity contribution in [1.29, 1.82) is 0 Å². The van der Waals surface area contributed by atoms with Crippen LogP contribution in [-0.4, -0.2) is 29.2 Å². The lowest BCUT2D eigenvalue weighted by Crippen LogP contribution is -2.44. The van der Waals surface area contributed by atoms with Gasteiger partial charge in [-0.05, 0) is 38.4 Å². The normalized spacial score (nSPS) is 17.8. The highest BCUT2D eigenvalue weighted by Gasteiger charge is 2.38. The fourth-order valence-electron chi connectivity index (χ4n) is 3.30. The summed E-state index contributed by atoms with van der Waals surface area (Å²) in [7, 11) is 0. The molecule has 0 aliphatic carbocycles. The topological polar surface area (TPSA) is 69.8 Å². The Kier molecular flexibility index (Phi) is 3.92. The predicted octanol–water partition coefficient (Wildman–Crippen LogP) is 2.67. The van der Waals surface area contributed by atoms with Crippen LogP contribution in [-0.2, 0) is 4.79 Å². The second kappa shape index (κ2) is 5.85. The zero-order valence-corrected chi connectivity index (χ0v) is 12.4. The standard InChI is InChI=1S/C16H22N4O/c1-2-6-16(7-9-17-10-8-16)15(21)19-13-5-3-4-12-11-18-20-14(12)13/h3-5,11,17H,2,6-10H2,1H3,(H,18,20)(H,19,21). The van der Waals surface area contributed by atoms with Crippen LogP contribution in [0.25, 0.3) is 10.9 Å². The minimum atomic E-state index is -0.234. The zero-order chi connectivity index (χ0) is 14.7. The number of nitrogens with zero attached hydrogens (tertiary/aromatic N) is 1. The number of piperidine rings is 1. The van der Waals surface area contributed by atoms with Gasteiger partial charge in [0.15, 0.2) is 0 Å². The molecule has 0 saturated carbocycles. The second-order valence-electron chi connectivity index (χ2n) is 5.87. The molecular weight excluding hydrogens is 264 g/mol. The summed E-state index contributed by atoms with van der Waals surface area (Å²) in [6.07, 6.45) is 5.57. The number of carbonyl (C=O) groups is 1. The number of fused-ring (bicyclic) bond motifs is 1. The molecule has 3 N–H and O–H groups in total. The summed E-state index contributed by atoms with van der Waals surface area (Å²) in [4.78, 5) is 12.9. The number of aromatic nitrogens is 2. The van der Waals surface area contributed by atoms with Crippen molar-refractivity contribution in [2.75, 3.05) is 18.4 Å². The third kappa shape index (κ3) is 2.65. The first kappa shape index (κ1) is 14.1. The SMILES string of the molecule is CCCC1(C(=O)Nc2cccc3cn[nH]c23)CCNCC1. The highest BCUT2D eigenvalue weighted by Crippen LogP contribution is 2.36. The van der Waals surface area contributed by atoms with Crippen LogP contribution in [0.3, 0.4) is 0 Å². The maximum absolute atomic E-state index is 12.9. The average Bonchev–Trinajstić information content (AvgIpc) is 2.98. The molecule has 1 aromatic carbocycles. The Balaban J connectivity index is 1.85. The Labute approximate surface area is 124 Å². The first-order valence-corrected chi connectivity index (χ1v) is 7.69. The molecule has 1 aliphatic heterocycles. The molecule has 0 spiro atoms. The molecule has 5 heteroatoms. The van der Waals surface area contributed by atoms with Gasteiger partial charge in [0.25, 0.3) is 0 Å². The molecule has 1 amide bonds. The van der Waals surface area contributed by atoms with Crippen molar-refractivity contribution in [2.24, 2.45) is 5.41 Å². The summed E-state index contributed by atoms with van der Waals surface area (Å²) < 4.78 is 0. The number of carbonyl (C=O) groups excluding carboxylic acids is 1. The molecule has 0 unspecified atom stereocenters. The van der Waals surface area contributed by atoms with Crippen LogP contribution in [0, 0.1) is 5.41 Å². The Bertz CT molecular complexity index is 622. The monoisotopic (exact) mass is 286 g/mol. The molecular formula is C16H22N4O. The minimum Gasteiger partial charge on any atom is -0.324 e. The van der Waals surface area contributed by atoms with E-state index in [9.17, 15) is 4.79 Å². The molecule has 112 valence electrons. The number of H-pyrrole nitrogens is 1. The lowest BCUT2D eigenvalue weighted by atomic mass is 9.74. The summed E-state index contributed by atoms with van der Waals surface area (Å²) in [6, 6.07) is 5.86. The number of hydrogen-bond donors (Lipinski definition) is 3. The zero-order valence-electron chi connectivity index (χ0n) is 12.4. The van der Waals surface area contributed by atoms with Crippen molar-refractivity contribution in [2.45, 2.75) is 32.6 Å². The Morgan fingerprint density at radius 1 is 1.38 bits per heavy atom. The van der Waals surface area contributed by atoms with E-state index in [0.717, 1.165) is 55.4 Å². The quantitative estimate of drug-likeness (QED) is 0.809. The van der Waals surface area contributed by atoms with Gasteiger partial charge < -0.3 is 10.6 Å². The minimum absolute atomic E-state index is 0.146. The van der Waals surface area contributed by atoms with Gasteiger partial charge >= 0.3 is 0 Å². The van der Waals surface area contributed by atoms with Gasteiger partial charge in [0.1, 0.15) is 0 Å². The average molecular weight is 286 g/mol. The van der Waals surface area contributed by atoms with Gasteiger partial charge in [-0.3, -0.25) is 9.89 Å². The van der Waals surface area contributed by atoms with Crippen molar-refractivity contribution >= 4 is 22.5 Å². The molecule has 1 fully saturated rings. The van der Waals surface area contributed by atoms with E-state index >= 15 is 0 Å². The van der Waals surface area contributed by atoms with E-state index < -0.39 is 0 Å². The molecule has 2 aromatic rings. The number of amides is 1. The van der Waals surface area contributed by atoms with E-state index in [1.807, 2.05) is 18.2 Å². The smallest absolute Gasteiger partial charge is 0.230 e. The van der Waals surface area contributed by atoms with Crippen LogP contribution in [0.1, 0.15) is 32.6 Å². The lowest BCUT2D eigenvalue weighted by molar-refractivity contribution is -0.127. The fraction of sp³-hybridized carbons (Fsp3) is 0.500. The fourth-order valence-corrected chi connectivity index (χ4v) is 3.30. The lowest BCUT2D eigenvalue weighted by Gasteiger charge is -2.36. The number of nitrogens with one attached hydrogen (secondary N) is 3. The number of anilines is 1. The van der Waals surface area contributed by atoms with Gasteiger partial charge in [-0.2, -0.15) is 5.10 Å². The second-order valence-corrected chi connectivity index (χ2v) is 5.87. The Morgan fingerprint density at radius 3 is 2.95 bits per heavy atom. The van der Waals surface area contributed by atoms with Crippen molar-refractivity contribution in [3.05, 3.63) is 24.4 Å². The van der Waals surface area contributed by atoms with E-state index in [-0.39, 0.29) is 11.3 Å². The largest absolute Gasteiger partial charge is 0.324 e. The number of hydrogen-bond acceptors (Lipinski definition) is 3. The number of benzene rings is 1. The summed E-state index contributed by atoms with van der Waals surface area (Å²) in [5.41, 5.74) is 1.48. The van der Waals surface area contributed by atoms with Gasteiger partial charge in [-0.25, -0.2) is 0 Å². The predicted molar refractivity (Wildman–Crippen MR) is 84.2 cm³/mol. The van der Waals surface area contributed by atoms with Crippen molar-refractivity contribution in [3.63, 3.8) is 0 Å². The van der Waals surface area contributed by atoms with Crippen LogP contribution in [0.2, 0.25) is 0 Å². The van der Waals surface area contributed by atoms with Crippen LogP contribution < -0.4 is 10.6 Å². The van der Waals surface area contributed by atoms with Crippen molar-refractivity contribution in [1.82, 2.24) is 15.5 Å². The summed E-state index contributed by atoms with van der Waals surface area (Å²) >= 11 is 0. The van der Waals surface area contributed by atoms with Gasteiger partial charge in [-0.15, -0.1) is 0 Å². The summed E-state index contributed by atoms with van der Waals surface area (Å²) in [5.74, 6) is 0.146. The summed E-state index contributed by atoms with van der Waals surface area (Å²) in [6.45, 7) is 3.98. The third-order valence-electron chi connectivity index (χ3n) is 4.50. The molecule has 5 nitrogen and oxygen atoms in total. The van der Waals surface area contributed by atoms with Gasteiger partial charge in [0, 0.05) is 5.39 Å². The van der Waals surface area contributed by atoms with E-state index in [1.54, 1.807) is 6.20 Å². The molecule has 0 atom stereocenters. The highest BCUT2D eigenvalue weighted by molar-refractivity contribution is 6.02. The molecule has 21 heavy (non-hydrogen) atoms. The molecule has 2 heterocycles.